The fourth-order valence-electron chi connectivity index (χ4n) is 4.20. The number of nitrogens with zero attached hydrogens (tertiary/aromatic N) is 3. The summed E-state index contributed by atoms with van der Waals surface area (Å²) >= 11 is 0. The molecule has 3 rings (SSSR count). The maximum Gasteiger partial charge on any atom is 0.0271 e. The zero-order valence-electron chi connectivity index (χ0n) is 13.5. The molecule has 21 heavy (non-hydrogen) atoms. The molecule has 2 fully saturated rings. The summed E-state index contributed by atoms with van der Waals surface area (Å²) in [7, 11) is 0. The Labute approximate surface area is 129 Å². The molecule has 0 radical (unpaired) electrons. The van der Waals surface area contributed by atoms with Crippen LogP contribution in [0, 0.1) is 11.8 Å². The van der Waals surface area contributed by atoms with E-state index in [-0.39, 0.29) is 0 Å². The Hall–Kier alpha value is -0.930. The van der Waals surface area contributed by atoms with Gasteiger partial charge in [-0.05, 0) is 61.9 Å². The van der Waals surface area contributed by atoms with Gasteiger partial charge in [0.05, 0.1) is 0 Å². The van der Waals surface area contributed by atoms with Crippen molar-refractivity contribution in [3.63, 3.8) is 0 Å². The molecule has 0 bridgehead atoms. The normalized spacial score (nSPS) is 29.6. The van der Waals surface area contributed by atoms with Crippen molar-refractivity contribution in [2.45, 2.75) is 45.7 Å². The minimum Gasteiger partial charge on any atom is -0.300 e. The lowest BCUT2D eigenvalue weighted by Crippen LogP contribution is -2.49. The molecule has 2 aliphatic heterocycles. The number of pyridine rings is 1. The third-order valence-electron chi connectivity index (χ3n) is 5.13. The van der Waals surface area contributed by atoms with Crippen LogP contribution in [0.3, 0.4) is 0 Å². The maximum absolute atomic E-state index is 4.10. The summed E-state index contributed by atoms with van der Waals surface area (Å²) in [4.78, 5) is 9.48. The van der Waals surface area contributed by atoms with Crippen molar-refractivity contribution in [3.05, 3.63) is 30.1 Å². The molecule has 2 saturated heterocycles. The monoisotopic (exact) mass is 287 g/mol. The Morgan fingerprint density at radius 2 is 1.67 bits per heavy atom. The van der Waals surface area contributed by atoms with Gasteiger partial charge in [0.1, 0.15) is 0 Å². The molecule has 2 atom stereocenters. The molecule has 0 aliphatic carbocycles. The molecule has 3 heterocycles. The van der Waals surface area contributed by atoms with Crippen LogP contribution in [0.5, 0.6) is 0 Å². The second kappa shape index (κ2) is 6.89. The average molecular weight is 287 g/mol. The Morgan fingerprint density at radius 3 is 2.29 bits per heavy atom. The summed E-state index contributed by atoms with van der Waals surface area (Å²) in [6.45, 7) is 11.0. The second-order valence-corrected chi connectivity index (χ2v) is 7.26. The van der Waals surface area contributed by atoms with Crippen molar-refractivity contribution in [1.29, 1.82) is 0 Å². The molecule has 1 aromatic heterocycles. The van der Waals surface area contributed by atoms with Crippen molar-refractivity contribution in [3.8, 4) is 0 Å². The first-order chi connectivity index (χ1) is 10.2. The highest BCUT2D eigenvalue weighted by molar-refractivity contribution is 5.09. The summed E-state index contributed by atoms with van der Waals surface area (Å²) in [6, 6.07) is 5.10. The zero-order valence-corrected chi connectivity index (χ0v) is 13.5. The van der Waals surface area contributed by atoms with E-state index in [9.17, 15) is 0 Å². The van der Waals surface area contributed by atoms with Crippen molar-refractivity contribution >= 4 is 0 Å². The molecule has 1 aromatic rings. The minimum atomic E-state index is 0.823. The third-order valence-corrected chi connectivity index (χ3v) is 5.13. The van der Waals surface area contributed by atoms with Gasteiger partial charge in [0, 0.05) is 38.1 Å². The molecule has 0 amide bonds. The first kappa shape index (κ1) is 15.0. The van der Waals surface area contributed by atoms with E-state index >= 15 is 0 Å². The van der Waals surface area contributed by atoms with Crippen LogP contribution < -0.4 is 0 Å². The molecule has 0 aromatic carbocycles. The smallest absolute Gasteiger partial charge is 0.0271 e. The summed E-state index contributed by atoms with van der Waals surface area (Å²) < 4.78 is 0. The van der Waals surface area contributed by atoms with Crippen molar-refractivity contribution in [2.24, 2.45) is 11.8 Å². The summed E-state index contributed by atoms with van der Waals surface area (Å²) in [5, 5.41) is 0. The number of piperidine rings is 2. The SMILES string of the molecule is C[C@@H]1C[C@H](C)CN(C2CCN(Cc3ccncc3)CC2)C1. The summed E-state index contributed by atoms with van der Waals surface area (Å²) in [5.41, 5.74) is 1.39. The number of hydrogen-bond acceptors (Lipinski definition) is 3. The molecule has 116 valence electrons. The van der Waals surface area contributed by atoms with Gasteiger partial charge in [0.2, 0.25) is 0 Å². The van der Waals surface area contributed by atoms with Crippen LogP contribution in [0.2, 0.25) is 0 Å². The molecule has 3 heteroatoms. The topological polar surface area (TPSA) is 19.4 Å². The van der Waals surface area contributed by atoms with E-state index in [4.69, 9.17) is 0 Å². The third kappa shape index (κ3) is 4.04. The van der Waals surface area contributed by atoms with Crippen molar-refractivity contribution < 1.29 is 0 Å². The largest absolute Gasteiger partial charge is 0.300 e. The molecule has 0 unspecified atom stereocenters. The van der Waals surface area contributed by atoms with Crippen molar-refractivity contribution in [2.75, 3.05) is 26.2 Å². The fraction of sp³-hybridized carbons (Fsp3) is 0.722. The van der Waals surface area contributed by atoms with Gasteiger partial charge in [-0.2, -0.15) is 0 Å². The molecule has 0 N–H and O–H groups in total. The van der Waals surface area contributed by atoms with Gasteiger partial charge in [-0.1, -0.05) is 13.8 Å². The van der Waals surface area contributed by atoms with E-state index in [2.05, 4.69) is 40.8 Å². The Balaban J connectivity index is 1.48. The quantitative estimate of drug-likeness (QED) is 0.852. The van der Waals surface area contributed by atoms with E-state index in [1.807, 2.05) is 12.4 Å². The van der Waals surface area contributed by atoms with Gasteiger partial charge in [-0.15, -0.1) is 0 Å². The lowest BCUT2D eigenvalue weighted by Gasteiger charge is -2.43. The van der Waals surface area contributed by atoms with Gasteiger partial charge in [-0.25, -0.2) is 0 Å². The van der Waals surface area contributed by atoms with Crippen LogP contribution in [-0.2, 0) is 6.54 Å². The predicted molar refractivity (Wildman–Crippen MR) is 87.1 cm³/mol. The van der Waals surface area contributed by atoms with Crippen LogP contribution >= 0.6 is 0 Å². The highest BCUT2D eigenvalue weighted by Crippen LogP contribution is 2.26. The summed E-state index contributed by atoms with van der Waals surface area (Å²) in [6.07, 6.45) is 7.89. The Bertz CT molecular complexity index is 415. The van der Waals surface area contributed by atoms with E-state index in [0.29, 0.717) is 0 Å². The highest BCUT2D eigenvalue weighted by Gasteiger charge is 2.29. The standard InChI is InChI=1S/C18H29N3/c1-15-11-16(2)13-21(12-15)18-5-9-20(10-6-18)14-17-3-7-19-8-4-17/h3-4,7-8,15-16,18H,5-6,9-14H2,1-2H3/t15-,16+. The molecule has 3 nitrogen and oxygen atoms in total. The molecule has 0 saturated carbocycles. The molecule has 2 aliphatic rings. The highest BCUT2D eigenvalue weighted by atomic mass is 15.2. The lowest BCUT2D eigenvalue weighted by atomic mass is 9.89. The predicted octanol–water partition coefficient (Wildman–Crippen LogP) is 3.02. The molecular weight excluding hydrogens is 258 g/mol. The first-order valence-electron chi connectivity index (χ1n) is 8.56. The number of rotatable bonds is 3. The van der Waals surface area contributed by atoms with E-state index < -0.39 is 0 Å². The van der Waals surface area contributed by atoms with Crippen LogP contribution in [0.25, 0.3) is 0 Å². The van der Waals surface area contributed by atoms with Crippen LogP contribution in [0.1, 0.15) is 38.7 Å². The zero-order chi connectivity index (χ0) is 14.7. The minimum absolute atomic E-state index is 0.823. The maximum atomic E-state index is 4.10. The van der Waals surface area contributed by atoms with Gasteiger partial charge >= 0.3 is 0 Å². The Morgan fingerprint density at radius 1 is 1.05 bits per heavy atom. The lowest BCUT2D eigenvalue weighted by molar-refractivity contribution is 0.0530. The van der Waals surface area contributed by atoms with Gasteiger partial charge in [0.25, 0.3) is 0 Å². The average Bonchev–Trinajstić information content (AvgIpc) is 2.48. The second-order valence-electron chi connectivity index (χ2n) is 7.26. The van der Waals surface area contributed by atoms with E-state index in [1.54, 1.807) is 0 Å². The van der Waals surface area contributed by atoms with Gasteiger partial charge in [-0.3, -0.25) is 14.8 Å². The number of aromatic nitrogens is 1. The molecular formula is C18H29N3. The van der Waals surface area contributed by atoms with Crippen LogP contribution in [0.15, 0.2) is 24.5 Å². The van der Waals surface area contributed by atoms with Crippen molar-refractivity contribution in [1.82, 2.24) is 14.8 Å². The van der Waals surface area contributed by atoms with E-state index in [1.165, 1.54) is 51.0 Å². The first-order valence-corrected chi connectivity index (χ1v) is 8.56. The van der Waals surface area contributed by atoms with Gasteiger partial charge in [0.15, 0.2) is 0 Å². The van der Waals surface area contributed by atoms with E-state index in [0.717, 1.165) is 24.4 Å². The summed E-state index contributed by atoms with van der Waals surface area (Å²) in [5.74, 6) is 1.76. The fourth-order valence-corrected chi connectivity index (χ4v) is 4.20. The molecule has 0 spiro atoms. The Kier molecular flexibility index (Phi) is 4.91. The number of hydrogen-bond donors (Lipinski definition) is 0. The van der Waals surface area contributed by atoms with Crippen LogP contribution in [0.4, 0.5) is 0 Å². The number of likely N-dealkylation sites (tertiary alicyclic amines) is 2. The van der Waals surface area contributed by atoms with Gasteiger partial charge < -0.3 is 0 Å². The van der Waals surface area contributed by atoms with Crippen LogP contribution in [-0.4, -0.2) is 47.0 Å².